The first-order valence-electron chi connectivity index (χ1n) is 10.7. The van der Waals surface area contributed by atoms with E-state index in [-0.39, 0.29) is 18.1 Å². The van der Waals surface area contributed by atoms with E-state index >= 15 is 0 Å². The minimum Gasteiger partial charge on any atom is -0.374 e. The molecule has 27 heavy (non-hydrogen) atoms. The van der Waals surface area contributed by atoms with Gasteiger partial charge in [0.2, 0.25) is 0 Å². The molecular weight excluding hydrogens is 338 g/mol. The Morgan fingerprint density at radius 2 is 1.85 bits per heavy atom. The Balaban J connectivity index is 1.51. The van der Waals surface area contributed by atoms with Gasteiger partial charge < -0.3 is 14.0 Å². The lowest BCUT2D eigenvalue weighted by Gasteiger charge is -2.43. The molecule has 3 fully saturated rings. The standard InChI is InChI=1S/C22H29N3O2/c26-22(25-14-15-27-19-12-5-4-10-17(19)25)20-18-11-6-7-13-24(18)21(23-20)16-8-2-1-3-9-16/h6-7,11,13,16-17,19H,1-5,8-10,12,14-15H2. The van der Waals surface area contributed by atoms with Crippen molar-refractivity contribution in [3.8, 4) is 0 Å². The van der Waals surface area contributed by atoms with E-state index in [2.05, 4.69) is 15.5 Å². The molecule has 3 aliphatic rings. The number of nitrogens with zero attached hydrogens (tertiary/aromatic N) is 3. The number of rotatable bonds is 2. The van der Waals surface area contributed by atoms with Crippen LogP contribution in [0, 0.1) is 0 Å². The van der Waals surface area contributed by atoms with Crippen LogP contribution in [0.4, 0.5) is 0 Å². The van der Waals surface area contributed by atoms with Crippen molar-refractivity contribution in [2.24, 2.45) is 0 Å². The van der Waals surface area contributed by atoms with Crippen LogP contribution in [0.1, 0.15) is 80.0 Å². The molecule has 5 nitrogen and oxygen atoms in total. The second-order valence-corrected chi connectivity index (χ2v) is 8.37. The van der Waals surface area contributed by atoms with Gasteiger partial charge in [-0.2, -0.15) is 0 Å². The number of aromatic nitrogens is 2. The molecule has 3 heterocycles. The maximum absolute atomic E-state index is 13.6. The summed E-state index contributed by atoms with van der Waals surface area (Å²) in [6.45, 7) is 1.33. The predicted molar refractivity (Wildman–Crippen MR) is 104 cm³/mol. The minimum atomic E-state index is 0.0981. The molecule has 5 rings (SSSR count). The van der Waals surface area contributed by atoms with Gasteiger partial charge in [0.1, 0.15) is 5.82 Å². The van der Waals surface area contributed by atoms with Crippen LogP contribution in [0.3, 0.4) is 0 Å². The highest BCUT2D eigenvalue weighted by atomic mass is 16.5. The highest BCUT2D eigenvalue weighted by Crippen LogP contribution is 2.34. The van der Waals surface area contributed by atoms with Gasteiger partial charge in [-0.15, -0.1) is 0 Å². The van der Waals surface area contributed by atoms with Crippen LogP contribution < -0.4 is 0 Å². The zero-order valence-corrected chi connectivity index (χ0v) is 16.0. The molecule has 5 heteroatoms. The van der Waals surface area contributed by atoms with Crippen molar-refractivity contribution in [3.63, 3.8) is 0 Å². The Morgan fingerprint density at radius 3 is 2.74 bits per heavy atom. The lowest BCUT2D eigenvalue weighted by atomic mass is 9.89. The van der Waals surface area contributed by atoms with Gasteiger partial charge in [0.05, 0.1) is 24.3 Å². The third kappa shape index (κ3) is 3.06. The number of hydrogen-bond donors (Lipinski definition) is 0. The molecule has 2 atom stereocenters. The van der Waals surface area contributed by atoms with E-state index in [4.69, 9.17) is 9.72 Å². The Morgan fingerprint density at radius 1 is 1.04 bits per heavy atom. The molecule has 144 valence electrons. The zero-order chi connectivity index (χ0) is 18.2. The average molecular weight is 367 g/mol. The SMILES string of the molecule is O=C(c1nc(C2CCCCC2)n2ccccc12)N1CCOC2CCCCC21. The molecule has 1 amide bonds. The van der Waals surface area contributed by atoms with Crippen molar-refractivity contribution < 1.29 is 9.53 Å². The molecular formula is C22H29N3O2. The number of pyridine rings is 1. The van der Waals surface area contributed by atoms with Gasteiger partial charge in [-0.1, -0.05) is 38.2 Å². The number of carbonyl (C=O) groups excluding carboxylic acids is 1. The summed E-state index contributed by atoms with van der Waals surface area (Å²) < 4.78 is 8.14. The predicted octanol–water partition coefficient (Wildman–Crippen LogP) is 4.17. The second-order valence-electron chi connectivity index (χ2n) is 8.37. The van der Waals surface area contributed by atoms with Gasteiger partial charge >= 0.3 is 0 Å². The Bertz CT molecular complexity index is 822. The molecule has 2 aromatic heterocycles. The number of carbonyl (C=O) groups is 1. The summed E-state index contributed by atoms with van der Waals surface area (Å²) in [6.07, 6.45) is 13.0. The van der Waals surface area contributed by atoms with Crippen LogP contribution in [0.2, 0.25) is 0 Å². The first kappa shape index (κ1) is 17.2. The molecule has 2 saturated carbocycles. The highest BCUT2D eigenvalue weighted by molar-refractivity contribution is 5.99. The van der Waals surface area contributed by atoms with E-state index in [1.807, 2.05) is 18.2 Å². The van der Waals surface area contributed by atoms with Gasteiger partial charge in [-0.25, -0.2) is 4.98 Å². The average Bonchev–Trinajstić information content (AvgIpc) is 3.13. The van der Waals surface area contributed by atoms with Gasteiger partial charge in [0.15, 0.2) is 5.69 Å². The van der Waals surface area contributed by atoms with Crippen LogP contribution >= 0.6 is 0 Å². The Labute approximate surface area is 160 Å². The van der Waals surface area contributed by atoms with E-state index in [9.17, 15) is 4.79 Å². The molecule has 0 aromatic carbocycles. The van der Waals surface area contributed by atoms with Gasteiger partial charge in [-0.05, 0) is 37.8 Å². The molecule has 0 bridgehead atoms. The fraction of sp³-hybridized carbons (Fsp3) is 0.636. The Hall–Kier alpha value is -1.88. The van der Waals surface area contributed by atoms with E-state index in [0.717, 1.165) is 24.2 Å². The van der Waals surface area contributed by atoms with Crippen molar-refractivity contribution in [2.45, 2.75) is 75.9 Å². The van der Waals surface area contributed by atoms with E-state index in [1.165, 1.54) is 44.9 Å². The number of amides is 1. The fourth-order valence-electron chi connectivity index (χ4n) is 5.35. The van der Waals surface area contributed by atoms with Crippen LogP contribution in [-0.4, -0.2) is 45.5 Å². The lowest BCUT2D eigenvalue weighted by molar-refractivity contribution is -0.0753. The quantitative estimate of drug-likeness (QED) is 0.800. The van der Waals surface area contributed by atoms with Crippen molar-refractivity contribution in [3.05, 3.63) is 35.9 Å². The van der Waals surface area contributed by atoms with Crippen LogP contribution in [0.25, 0.3) is 5.52 Å². The summed E-state index contributed by atoms with van der Waals surface area (Å²) >= 11 is 0. The number of ether oxygens (including phenoxy) is 1. The van der Waals surface area contributed by atoms with E-state index < -0.39 is 0 Å². The van der Waals surface area contributed by atoms with E-state index in [1.54, 1.807) is 0 Å². The lowest BCUT2D eigenvalue weighted by Crippen LogP contribution is -2.54. The summed E-state index contributed by atoms with van der Waals surface area (Å²) in [5.74, 6) is 1.66. The number of morpholine rings is 1. The van der Waals surface area contributed by atoms with Gasteiger partial charge in [0, 0.05) is 18.7 Å². The van der Waals surface area contributed by atoms with Crippen molar-refractivity contribution >= 4 is 11.4 Å². The maximum Gasteiger partial charge on any atom is 0.275 e. The first-order valence-corrected chi connectivity index (χ1v) is 10.7. The number of hydrogen-bond acceptors (Lipinski definition) is 3. The number of imidazole rings is 1. The normalized spacial score (nSPS) is 26.9. The zero-order valence-electron chi connectivity index (χ0n) is 16.0. The summed E-state index contributed by atoms with van der Waals surface area (Å²) in [6, 6.07) is 6.33. The van der Waals surface area contributed by atoms with Crippen molar-refractivity contribution in [1.82, 2.24) is 14.3 Å². The monoisotopic (exact) mass is 367 g/mol. The largest absolute Gasteiger partial charge is 0.374 e. The molecule has 1 saturated heterocycles. The summed E-state index contributed by atoms with van der Waals surface area (Å²) in [5.41, 5.74) is 1.60. The molecule has 0 N–H and O–H groups in total. The van der Waals surface area contributed by atoms with Crippen LogP contribution in [-0.2, 0) is 4.74 Å². The fourth-order valence-corrected chi connectivity index (χ4v) is 5.35. The summed E-state index contributed by atoms with van der Waals surface area (Å²) in [4.78, 5) is 20.6. The summed E-state index contributed by atoms with van der Waals surface area (Å²) in [5, 5.41) is 0. The topological polar surface area (TPSA) is 46.8 Å². The first-order chi connectivity index (χ1) is 13.3. The second kappa shape index (κ2) is 7.27. The number of fused-ring (bicyclic) bond motifs is 2. The smallest absolute Gasteiger partial charge is 0.275 e. The molecule has 0 radical (unpaired) electrons. The summed E-state index contributed by atoms with van der Waals surface area (Å²) in [7, 11) is 0. The van der Waals surface area contributed by atoms with Crippen LogP contribution in [0.15, 0.2) is 24.4 Å². The van der Waals surface area contributed by atoms with E-state index in [0.29, 0.717) is 24.8 Å². The van der Waals surface area contributed by atoms with Crippen LogP contribution in [0.5, 0.6) is 0 Å². The molecule has 2 aromatic rings. The highest BCUT2D eigenvalue weighted by Gasteiger charge is 2.38. The molecule has 1 aliphatic heterocycles. The molecule has 0 spiro atoms. The minimum absolute atomic E-state index is 0.0981. The van der Waals surface area contributed by atoms with Crippen molar-refractivity contribution in [2.75, 3.05) is 13.2 Å². The molecule has 2 unspecified atom stereocenters. The van der Waals surface area contributed by atoms with Crippen molar-refractivity contribution in [1.29, 1.82) is 0 Å². The van der Waals surface area contributed by atoms with Gasteiger partial charge in [-0.3, -0.25) is 4.79 Å². The Kier molecular flexibility index (Phi) is 4.64. The van der Waals surface area contributed by atoms with Gasteiger partial charge in [0.25, 0.3) is 5.91 Å². The third-order valence-electron chi connectivity index (χ3n) is 6.74. The maximum atomic E-state index is 13.6. The third-order valence-corrected chi connectivity index (χ3v) is 6.74. The molecule has 2 aliphatic carbocycles.